The van der Waals surface area contributed by atoms with Crippen molar-refractivity contribution in [1.82, 2.24) is 5.32 Å². The Morgan fingerprint density at radius 1 is 1.18 bits per heavy atom. The van der Waals surface area contributed by atoms with Gasteiger partial charge < -0.3 is 9.73 Å². The molecule has 1 aromatic heterocycles. The number of carbonyl (C=O) groups excluding carboxylic acids is 1. The van der Waals surface area contributed by atoms with E-state index in [9.17, 15) is 9.59 Å². The van der Waals surface area contributed by atoms with Gasteiger partial charge in [-0.15, -0.1) is 6.58 Å². The zero-order valence-electron chi connectivity index (χ0n) is 11.6. The molecule has 0 aliphatic rings. The summed E-state index contributed by atoms with van der Waals surface area (Å²) in [5.41, 5.74) is 1.05. The van der Waals surface area contributed by atoms with Crippen molar-refractivity contribution >= 4 is 39.4 Å². The third-order valence-electron chi connectivity index (χ3n) is 3.30. The van der Waals surface area contributed by atoms with Gasteiger partial charge in [0.15, 0.2) is 0 Å². The smallest absolute Gasteiger partial charge is 0.251 e. The molecule has 0 aliphatic carbocycles. The van der Waals surface area contributed by atoms with Crippen LogP contribution in [0.3, 0.4) is 0 Å². The van der Waals surface area contributed by atoms with Gasteiger partial charge in [-0.25, -0.2) is 0 Å². The highest BCUT2D eigenvalue weighted by atomic mass is 35.5. The molecule has 0 bridgehead atoms. The van der Waals surface area contributed by atoms with Crippen LogP contribution in [0.1, 0.15) is 10.4 Å². The molecule has 22 heavy (non-hydrogen) atoms. The Balaban J connectivity index is 2.20. The molecule has 0 saturated heterocycles. The third kappa shape index (κ3) is 2.49. The van der Waals surface area contributed by atoms with Gasteiger partial charge in [-0.05, 0) is 30.3 Å². The summed E-state index contributed by atoms with van der Waals surface area (Å²) >= 11 is 5.91. The molecule has 1 amide bonds. The number of rotatable bonds is 3. The number of benzene rings is 2. The highest BCUT2D eigenvalue weighted by Gasteiger charge is 2.11. The number of hydrogen-bond donors (Lipinski definition) is 1. The highest BCUT2D eigenvalue weighted by molar-refractivity contribution is 6.31. The molecule has 0 spiro atoms. The standard InChI is InChI=1S/C17H12ClNO3/c1-2-7-19-17(21)10-3-6-14-13(8-10)16(20)12-5-4-11(18)9-15(12)22-14/h2-6,8-9H,1,7H2,(H,19,21). The Labute approximate surface area is 131 Å². The summed E-state index contributed by atoms with van der Waals surface area (Å²) in [4.78, 5) is 24.5. The maximum absolute atomic E-state index is 12.5. The van der Waals surface area contributed by atoms with Crippen LogP contribution in [0, 0.1) is 0 Å². The van der Waals surface area contributed by atoms with Gasteiger partial charge in [0.2, 0.25) is 5.43 Å². The van der Waals surface area contributed by atoms with Gasteiger partial charge in [-0.1, -0.05) is 17.7 Å². The molecule has 4 nitrogen and oxygen atoms in total. The van der Waals surface area contributed by atoms with Crippen LogP contribution in [-0.2, 0) is 0 Å². The second-order valence-electron chi connectivity index (χ2n) is 4.78. The fourth-order valence-electron chi connectivity index (χ4n) is 2.24. The molecular formula is C17H12ClNO3. The van der Waals surface area contributed by atoms with Crippen molar-refractivity contribution in [3.05, 3.63) is 69.9 Å². The fourth-order valence-corrected chi connectivity index (χ4v) is 2.40. The Morgan fingerprint density at radius 2 is 2.00 bits per heavy atom. The first kappa shape index (κ1) is 14.4. The molecule has 1 heterocycles. The van der Waals surface area contributed by atoms with E-state index in [1.165, 1.54) is 6.07 Å². The summed E-state index contributed by atoms with van der Waals surface area (Å²) in [6.45, 7) is 3.90. The minimum atomic E-state index is -0.266. The predicted octanol–water partition coefficient (Wildman–Crippen LogP) is 3.52. The Morgan fingerprint density at radius 3 is 2.77 bits per heavy atom. The lowest BCUT2D eigenvalue weighted by Gasteiger charge is -2.05. The topological polar surface area (TPSA) is 59.3 Å². The molecule has 0 unspecified atom stereocenters. The van der Waals surface area contributed by atoms with Crippen LogP contribution < -0.4 is 10.7 Å². The Bertz CT molecular complexity index is 959. The van der Waals surface area contributed by atoms with Crippen molar-refractivity contribution in [3.8, 4) is 0 Å². The predicted molar refractivity (Wildman–Crippen MR) is 87.5 cm³/mol. The normalized spacial score (nSPS) is 10.8. The molecular weight excluding hydrogens is 302 g/mol. The van der Waals surface area contributed by atoms with Crippen molar-refractivity contribution in [2.45, 2.75) is 0 Å². The first-order valence-electron chi connectivity index (χ1n) is 6.65. The van der Waals surface area contributed by atoms with Crippen LogP contribution >= 0.6 is 11.6 Å². The van der Waals surface area contributed by atoms with Gasteiger partial charge in [-0.2, -0.15) is 0 Å². The summed E-state index contributed by atoms with van der Waals surface area (Å²) in [7, 11) is 0. The van der Waals surface area contributed by atoms with E-state index >= 15 is 0 Å². The van der Waals surface area contributed by atoms with Crippen molar-refractivity contribution in [2.24, 2.45) is 0 Å². The number of amides is 1. The minimum Gasteiger partial charge on any atom is -0.456 e. The summed E-state index contributed by atoms with van der Waals surface area (Å²) in [5, 5.41) is 3.96. The van der Waals surface area contributed by atoms with Gasteiger partial charge in [0.1, 0.15) is 11.2 Å². The first-order valence-corrected chi connectivity index (χ1v) is 7.03. The number of halogens is 1. The molecule has 2 aromatic carbocycles. The van der Waals surface area contributed by atoms with Crippen LogP contribution in [0.15, 0.2) is 58.3 Å². The number of fused-ring (bicyclic) bond motifs is 2. The van der Waals surface area contributed by atoms with Crippen LogP contribution in [0.2, 0.25) is 5.02 Å². The molecule has 3 rings (SSSR count). The fraction of sp³-hybridized carbons (Fsp3) is 0.0588. The number of hydrogen-bond acceptors (Lipinski definition) is 3. The second-order valence-corrected chi connectivity index (χ2v) is 5.22. The van der Waals surface area contributed by atoms with Crippen LogP contribution in [0.5, 0.6) is 0 Å². The summed E-state index contributed by atoms with van der Waals surface area (Å²) < 4.78 is 5.69. The first-order chi connectivity index (χ1) is 10.6. The molecule has 0 radical (unpaired) electrons. The van der Waals surface area contributed by atoms with Gasteiger partial charge in [-0.3, -0.25) is 9.59 Å². The maximum atomic E-state index is 12.5. The lowest BCUT2D eigenvalue weighted by molar-refractivity contribution is 0.0958. The quantitative estimate of drug-likeness (QED) is 0.594. The van der Waals surface area contributed by atoms with Crippen molar-refractivity contribution in [2.75, 3.05) is 6.54 Å². The van der Waals surface area contributed by atoms with Gasteiger partial charge in [0.25, 0.3) is 5.91 Å². The van der Waals surface area contributed by atoms with Crippen molar-refractivity contribution in [3.63, 3.8) is 0 Å². The average Bonchev–Trinajstić information content (AvgIpc) is 2.52. The van der Waals surface area contributed by atoms with E-state index < -0.39 is 0 Å². The average molecular weight is 314 g/mol. The monoisotopic (exact) mass is 313 g/mol. The largest absolute Gasteiger partial charge is 0.456 e. The van der Waals surface area contributed by atoms with E-state index in [1.807, 2.05) is 0 Å². The van der Waals surface area contributed by atoms with Gasteiger partial charge in [0, 0.05) is 23.2 Å². The molecule has 0 aliphatic heterocycles. The van der Waals surface area contributed by atoms with E-state index in [1.54, 1.807) is 36.4 Å². The third-order valence-corrected chi connectivity index (χ3v) is 3.54. The van der Waals surface area contributed by atoms with Gasteiger partial charge >= 0.3 is 0 Å². The van der Waals surface area contributed by atoms with E-state index in [4.69, 9.17) is 16.0 Å². The van der Waals surface area contributed by atoms with E-state index in [2.05, 4.69) is 11.9 Å². The van der Waals surface area contributed by atoms with Crippen LogP contribution in [-0.4, -0.2) is 12.5 Å². The zero-order valence-corrected chi connectivity index (χ0v) is 12.3. The summed E-state index contributed by atoms with van der Waals surface area (Å²) in [6, 6.07) is 9.61. The maximum Gasteiger partial charge on any atom is 0.251 e. The molecule has 110 valence electrons. The van der Waals surface area contributed by atoms with E-state index in [-0.39, 0.29) is 11.3 Å². The Hall–Kier alpha value is -2.59. The van der Waals surface area contributed by atoms with Crippen molar-refractivity contribution in [1.29, 1.82) is 0 Å². The van der Waals surface area contributed by atoms with Crippen LogP contribution in [0.25, 0.3) is 21.9 Å². The van der Waals surface area contributed by atoms with E-state index in [0.717, 1.165) is 0 Å². The van der Waals surface area contributed by atoms with Crippen LogP contribution in [0.4, 0.5) is 0 Å². The highest BCUT2D eigenvalue weighted by Crippen LogP contribution is 2.22. The molecule has 0 fully saturated rings. The van der Waals surface area contributed by atoms with Gasteiger partial charge in [0.05, 0.1) is 10.8 Å². The SMILES string of the molecule is C=CCNC(=O)c1ccc2oc3cc(Cl)ccc3c(=O)c2c1. The lowest BCUT2D eigenvalue weighted by Crippen LogP contribution is -2.23. The second kappa shape index (κ2) is 5.66. The Kier molecular flexibility index (Phi) is 3.69. The van der Waals surface area contributed by atoms with E-state index in [0.29, 0.717) is 39.1 Å². The summed E-state index contributed by atoms with van der Waals surface area (Å²) in [6.07, 6.45) is 1.59. The molecule has 1 N–H and O–H groups in total. The van der Waals surface area contributed by atoms with Crippen molar-refractivity contribution < 1.29 is 9.21 Å². The summed E-state index contributed by atoms with van der Waals surface area (Å²) in [5.74, 6) is -0.266. The molecule has 5 heteroatoms. The molecule has 0 atom stereocenters. The minimum absolute atomic E-state index is 0.189. The lowest BCUT2D eigenvalue weighted by atomic mass is 10.1. The number of nitrogens with one attached hydrogen (secondary N) is 1. The molecule has 0 saturated carbocycles. The molecule has 3 aromatic rings. The number of carbonyl (C=O) groups is 1. The zero-order chi connectivity index (χ0) is 15.7.